The highest BCUT2D eigenvalue weighted by atomic mass is 35.5. The Morgan fingerprint density at radius 3 is 2.13 bits per heavy atom. The summed E-state index contributed by atoms with van der Waals surface area (Å²) in [6, 6.07) is 2.86. The number of ether oxygens (including phenoxy) is 3. The van der Waals surface area contributed by atoms with Crippen LogP contribution in [0.3, 0.4) is 0 Å². The number of halogens is 8. The highest BCUT2D eigenvalue weighted by molar-refractivity contribution is 6.55. The standard InChI is InChI=1S/C18H8Cl8O5/c19-10-7(11(20)13(22)14(28)12(10)21)4-1-2-5(27)8-9(4)16(23)17(24,31-16)18(25,26)29-3-6-15(8)30-6/h1-2,6,15,27-28H,3H2. The van der Waals surface area contributed by atoms with Gasteiger partial charge < -0.3 is 24.4 Å². The normalized spacial score (nSPS) is 32.8. The van der Waals surface area contributed by atoms with Crippen LogP contribution in [0.4, 0.5) is 0 Å². The van der Waals surface area contributed by atoms with Gasteiger partial charge in [0.25, 0.3) is 4.52 Å². The number of phenolic OH excluding ortho intramolecular Hbond substituents is 2. The van der Waals surface area contributed by atoms with Crippen molar-refractivity contribution in [2.75, 3.05) is 6.61 Å². The number of aromatic hydroxyl groups is 2. The molecule has 0 aliphatic carbocycles. The molecule has 2 N–H and O–H groups in total. The second kappa shape index (κ2) is 7.12. The number of phenols is 2. The van der Waals surface area contributed by atoms with Gasteiger partial charge in [-0.2, -0.15) is 0 Å². The van der Waals surface area contributed by atoms with Crippen molar-refractivity contribution in [2.24, 2.45) is 0 Å². The first-order valence-corrected chi connectivity index (χ1v) is 11.5. The number of benzene rings is 2. The summed E-state index contributed by atoms with van der Waals surface area (Å²) in [4.78, 5) is 0. The van der Waals surface area contributed by atoms with Crippen LogP contribution in [-0.2, 0) is 19.3 Å². The van der Waals surface area contributed by atoms with E-state index in [9.17, 15) is 10.2 Å². The molecule has 3 aliphatic heterocycles. The molecule has 2 aromatic carbocycles. The van der Waals surface area contributed by atoms with E-state index in [-0.39, 0.29) is 54.7 Å². The van der Waals surface area contributed by atoms with Crippen molar-refractivity contribution >= 4 is 92.8 Å². The third-order valence-corrected chi connectivity index (χ3v) is 9.24. The Labute approximate surface area is 215 Å². The quantitative estimate of drug-likeness (QED) is 0.208. The predicted octanol–water partition coefficient (Wildman–Crippen LogP) is 7.34. The minimum absolute atomic E-state index is 0.0377. The average molecular weight is 588 g/mol. The van der Waals surface area contributed by atoms with E-state index < -0.39 is 32.6 Å². The number of hydrogen-bond acceptors (Lipinski definition) is 5. The summed E-state index contributed by atoms with van der Waals surface area (Å²) in [6.07, 6.45) is -1.11. The predicted molar refractivity (Wildman–Crippen MR) is 120 cm³/mol. The molecule has 0 spiro atoms. The van der Waals surface area contributed by atoms with Crippen molar-refractivity contribution in [3.05, 3.63) is 43.4 Å². The Balaban J connectivity index is 1.87. The van der Waals surface area contributed by atoms with Crippen LogP contribution in [0.25, 0.3) is 11.1 Å². The fourth-order valence-electron chi connectivity index (χ4n) is 3.74. The van der Waals surface area contributed by atoms with Crippen molar-refractivity contribution in [2.45, 2.75) is 26.8 Å². The van der Waals surface area contributed by atoms with Crippen LogP contribution in [0.2, 0.25) is 20.1 Å². The Kier molecular flexibility index (Phi) is 5.29. The average Bonchev–Trinajstić information content (AvgIpc) is 3.60. The van der Waals surface area contributed by atoms with Crippen molar-refractivity contribution < 1.29 is 24.4 Å². The van der Waals surface area contributed by atoms with Gasteiger partial charge in [0.15, 0.2) is 5.75 Å². The van der Waals surface area contributed by atoms with Gasteiger partial charge in [-0.05, 0) is 11.6 Å². The molecule has 0 saturated carbocycles. The van der Waals surface area contributed by atoms with E-state index in [4.69, 9.17) is 107 Å². The van der Waals surface area contributed by atoms with Gasteiger partial charge in [0, 0.05) is 16.7 Å². The minimum atomic E-state index is -2.07. The maximum atomic E-state index is 10.7. The van der Waals surface area contributed by atoms with E-state index in [2.05, 4.69) is 0 Å². The molecule has 0 radical (unpaired) electrons. The van der Waals surface area contributed by atoms with Gasteiger partial charge in [0.1, 0.15) is 28.0 Å². The summed E-state index contributed by atoms with van der Waals surface area (Å²) in [5.41, 5.74) is 0.787. The second-order valence-corrected chi connectivity index (χ2v) is 11.0. The van der Waals surface area contributed by atoms with Crippen LogP contribution >= 0.6 is 92.8 Å². The molecule has 0 amide bonds. The van der Waals surface area contributed by atoms with Gasteiger partial charge in [-0.1, -0.05) is 98.9 Å². The van der Waals surface area contributed by atoms with Crippen LogP contribution in [0, 0.1) is 0 Å². The van der Waals surface area contributed by atoms with Gasteiger partial charge in [-0.25, -0.2) is 0 Å². The summed E-state index contributed by atoms with van der Waals surface area (Å²) in [5.74, 6) is -0.643. The number of alkyl halides is 4. The smallest absolute Gasteiger partial charge is 0.266 e. The molecule has 2 fully saturated rings. The summed E-state index contributed by atoms with van der Waals surface area (Å²) in [7, 11) is 0. The number of hydrogen-bond donors (Lipinski definition) is 2. The van der Waals surface area contributed by atoms with Crippen molar-refractivity contribution in [3.63, 3.8) is 0 Å². The maximum Gasteiger partial charge on any atom is 0.266 e. The Morgan fingerprint density at radius 1 is 0.903 bits per heavy atom. The van der Waals surface area contributed by atoms with Gasteiger partial charge in [0.2, 0.25) is 10.1 Å². The minimum Gasteiger partial charge on any atom is -0.508 e. The summed E-state index contributed by atoms with van der Waals surface area (Å²) >= 11 is 51.2. The molecule has 4 atom stereocenters. The molecule has 0 bridgehead atoms. The molecule has 2 aromatic rings. The van der Waals surface area contributed by atoms with E-state index >= 15 is 0 Å². The van der Waals surface area contributed by atoms with Gasteiger partial charge >= 0.3 is 0 Å². The van der Waals surface area contributed by atoms with E-state index in [1.165, 1.54) is 12.1 Å². The third kappa shape index (κ3) is 3.03. The molecule has 13 heteroatoms. The van der Waals surface area contributed by atoms with Crippen LogP contribution < -0.4 is 0 Å². The Hall–Kier alpha value is 0.240. The first-order chi connectivity index (χ1) is 14.4. The van der Waals surface area contributed by atoms with E-state index in [1.807, 2.05) is 0 Å². The molecule has 5 nitrogen and oxygen atoms in total. The molecular formula is C18H8Cl8O5. The highest BCUT2D eigenvalue weighted by Gasteiger charge is 2.82. The second-order valence-electron chi connectivity index (χ2n) is 7.12. The molecule has 2 saturated heterocycles. The highest BCUT2D eigenvalue weighted by Crippen LogP contribution is 2.73. The molecule has 31 heavy (non-hydrogen) atoms. The van der Waals surface area contributed by atoms with Crippen molar-refractivity contribution in [3.8, 4) is 22.6 Å². The van der Waals surface area contributed by atoms with Crippen LogP contribution in [-0.4, -0.2) is 32.5 Å². The van der Waals surface area contributed by atoms with Crippen LogP contribution in [0.5, 0.6) is 11.5 Å². The van der Waals surface area contributed by atoms with E-state index in [0.29, 0.717) is 0 Å². The Bertz CT molecular complexity index is 1130. The molecule has 5 rings (SSSR count). The Morgan fingerprint density at radius 2 is 1.52 bits per heavy atom. The fraction of sp³-hybridized carbons (Fsp3) is 0.333. The lowest BCUT2D eigenvalue weighted by Gasteiger charge is -2.25. The summed E-state index contributed by atoms with van der Waals surface area (Å²) in [5, 5.41) is 16.3. The van der Waals surface area contributed by atoms with Crippen molar-refractivity contribution in [1.29, 1.82) is 0 Å². The van der Waals surface area contributed by atoms with E-state index in [1.54, 1.807) is 0 Å². The lowest BCUT2D eigenvalue weighted by Crippen LogP contribution is -2.37. The summed E-state index contributed by atoms with van der Waals surface area (Å²) in [6.45, 7) is -0.0377. The lowest BCUT2D eigenvalue weighted by atomic mass is 9.89. The fourth-order valence-corrected chi connectivity index (χ4v) is 6.11. The first-order valence-electron chi connectivity index (χ1n) is 8.52. The van der Waals surface area contributed by atoms with Gasteiger partial charge in [-0.15, -0.1) is 0 Å². The number of epoxide rings is 2. The molecule has 3 aliphatic rings. The van der Waals surface area contributed by atoms with Crippen LogP contribution in [0.1, 0.15) is 17.2 Å². The SMILES string of the molecule is Oc1ccc(-c2c(Cl)c(Cl)c(O)c(Cl)c2Cl)c2c1C1OC1COC(Cl)(Cl)C1(Cl)OC21Cl. The zero-order valence-corrected chi connectivity index (χ0v) is 20.7. The topological polar surface area (TPSA) is 74.8 Å². The molecular weight excluding hydrogens is 580 g/mol. The van der Waals surface area contributed by atoms with Gasteiger partial charge in [0.05, 0.1) is 16.7 Å². The van der Waals surface area contributed by atoms with E-state index in [0.717, 1.165) is 0 Å². The zero-order chi connectivity index (χ0) is 22.7. The van der Waals surface area contributed by atoms with Crippen LogP contribution in [0.15, 0.2) is 12.1 Å². The maximum absolute atomic E-state index is 10.7. The molecule has 3 heterocycles. The monoisotopic (exact) mass is 584 g/mol. The van der Waals surface area contributed by atoms with Gasteiger partial charge in [-0.3, -0.25) is 0 Å². The largest absolute Gasteiger partial charge is 0.508 e. The molecule has 166 valence electrons. The molecule has 4 unspecified atom stereocenters. The van der Waals surface area contributed by atoms with Crippen molar-refractivity contribution in [1.82, 2.24) is 0 Å². The zero-order valence-electron chi connectivity index (χ0n) is 14.7. The molecule has 0 aromatic heterocycles. The first kappa shape index (κ1) is 23.0. The third-order valence-electron chi connectivity index (χ3n) is 5.38. The number of rotatable bonds is 1. The summed E-state index contributed by atoms with van der Waals surface area (Å²) < 4.78 is 14.7. The number of fused-ring (bicyclic) bond motifs is 5. The lowest BCUT2D eigenvalue weighted by molar-refractivity contribution is 0.0360.